The highest BCUT2D eigenvalue weighted by Gasteiger charge is 2.22. The van der Waals surface area contributed by atoms with E-state index >= 15 is 0 Å². The van der Waals surface area contributed by atoms with Crippen LogP contribution in [0.1, 0.15) is 19.5 Å². The Morgan fingerprint density at radius 2 is 1.94 bits per heavy atom. The summed E-state index contributed by atoms with van der Waals surface area (Å²) in [4.78, 5) is 19.6. The van der Waals surface area contributed by atoms with Crippen molar-refractivity contribution in [2.24, 2.45) is 0 Å². The number of ether oxygens (including phenoxy) is 1. The van der Waals surface area contributed by atoms with E-state index in [2.05, 4.69) is 15.2 Å². The lowest BCUT2D eigenvalue weighted by molar-refractivity contribution is 0.0794. The third-order valence-electron chi connectivity index (χ3n) is 5.66. The number of benzene rings is 1. The van der Waals surface area contributed by atoms with E-state index in [9.17, 15) is 9.50 Å². The molecule has 1 aromatic carbocycles. The van der Waals surface area contributed by atoms with Crippen LogP contribution >= 0.6 is 0 Å². The molecule has 172 valence electrons. The molecule has 1 saturated heterocycles. The van der Waals surface area contributed by atoms with Gasteiger partial charge in [-0.1, -0.05) is 0 Å². The van der Waals surface area contributed by atoms with E-state index in [1.54, 1.807) is 26.1 Å². The van der Waals surface area contributed by atoms with Gasteiger partial charge in [-0.25, -0.2) is 19.3 Å². The van der Waals surface area contributed by atoms with E-state index in [0.717, 1.165) is 16.6 Å². The van der Waals surface area contributed by atoms with Crippen molar-refractivity contribution in [1.82, 2.24) is 25.3 Å². The summed E-state index contributed by atoms with van der Waals surface area (Å²) in [6.07, 6.45) is 1.78. The third-order valence-corrected chi connectivity index (χ3v) is 5.66. The summed E-state index contributed by atoms with van der Waals surface area (Å²) in [7, 11) is 0. The average Bonchev–Trinajstić information content (AvgIpc) is 3.27. The Hall–Kier alpha value is -3.14. The molecule has 4 heterocycles. The van der Waals surface area contributed by atoms with Crippen molar-refractivity contribution < 1.29 is 14.2 Å². The average molecular weight is 451 g/mol. The fourth-order valence-corrected chi connectivity index (χ4v) is 4.08. The second-order valence-corrected chi connectivity index (χ2v) is 8.92. The van der Waals surface area contributed by atoms with E-state index in [-0.39, 0.29) is 5.82 Å². The van der Waals surface area contributed by atoms with Gasteiger partial charge in [0.2, 0.25) is 0 Å². The Kier molecular flexibility index (Phi) is 5.69. The lowest BCUT2D eigenvalue weighted by atomic mass is 10.1. The molecule has 1 aliphatic heterocycles. The Balaban J connectivity index is 1.61. The molecule has 8 nitrogen and oxygen atoms in total. The number of aliphatic hydroxyl groups is 1. The molecular weight excluding hydrogens is 423 g/mol. The monoisotopic (exact) mass is 450 g/mol. The fourth-order valence-electron chi connectivity index (χ4n) is 4.08. The van der Waals surface area contributed by atoms with Crippen LogP contribution in [-0.2, 0) is 11.3 Å². The number of pyridine rings is 1. The first-order valence-corrected chi connectivity index (χ1v) is 11.1. The molecule has 0 amide bonds. The Morgan fingerprint density at radius 3 is 2.73 bits per heavy atom. The summed E-state index contributed by atoms with van der Waals surface area (Å²) >= 11 is 0. The van der Waals surface area contributed by atoms with Crippen molar-refractivity contribution in [1.29, 1.82) is 0 Å². The number of anilines is 1. The minimum absolute atomic E-state index is 0.335. The van der Waals surface area contributed by atoms with Gasteiger partial charge in [-0.15, -0.1) is 0 Å². The quantitative estimate of drug-likeness (QED) is 0.415. The number of morpholine rings is 1. The molecule has 0 radical (unpaired) electrons. The zero-order chi connectivity index (χ0) is 23.0. The van der Waals surface area contributed by atoms with Crippen LogP contribution in [0.15, 0.2) is 36.5 Å². The Bertz CT molecular complexity index is 1290. The summed E-state index contributed by atoms with van der Waals surface area (Å²) < 4.78 is 20.5. The van der Waals surface area contributed by atoms with Gasteiger partial charge in [-0.05, 0) is 44.2 Å². The van der Waals surface area contributed by atoms with Crippen LogP contribution in [0.3, 0.4) is 0 Å². The molecule has 0 bridgehead atoms. The molecule has 0 atom stereocenters. The van der Waals surface area contributed by atoms with Gasteiger partial charge in [0.15, 0.2) is 11.6 Å². The minimum Gasteiger partial charge on any atom is -0.389 e. The van der Waals surface area contributed by atoms with E-state index in [1.165, 1.54) is 6.07 Å². The number of halogens is 1. The third kappa shape index (κ3) is 4.52. The molecule has 1 aliphatic rings. The lowest BCUT2D eigenvalue weighted by Gasteiger charge is -2.28. The van der Waals surface area contributed by atoms with Crippen LogP contribution in [0.25, 0.3) is 33.3 Å². The molecular formula is C24H27FN6O2. The van der Waals surface area contributed by atoms with Crippen molar-refractivity contribution in [3.63, 3.8) is 0 Å². The van der Waals surface area contributed by atoms with Gasteiger partial charge in [0.1, 0.15) is 11.3 Å². The van der Waals surface area contributed by atoms with Gasteiger partial charge in [-0.3, -0.25) is 0 Å². The van der Waals surface area contributed by atoms with Gasteiger partial charge in [0.05, 0.1) is 35.6 Å². The molecule has 0 spiro atoms. The normalized spacial score (nSPS) is 15.0. The van der Waals surface area contributed by atoms with Crippen molar-refractivity contribution in [3.05, 3.63) is 48.0 Å². The molecule has 0 saturated carbocycles. The van der Waals surface area contributed by atoms with Gasteiger partial charge >= 0.3 is 0 Å². The van der Waals surface area contributed by atoms with E-state index in [0.29, 0.717) is 67.6 Å². The van der Waals surface area contributed by atoms with Crippen molar-refractivity contribution >= 4 is 27.8 Å². The fraction of sp³-hybridized carbons (Fsp3) is 0.375. The number of nitrogens with zero attached hydrogens (tertiary/aromatic N) is 4. The number of H-pyrrole nitrogens is 1. The number of fused-ring (bicyclic) bond motifs is 2. The minimum atomic E-state index is -0.808. The Morgan fingerprint density at radius 1 is 1.12 bits per heavy atom. The molecule has 33 heavy (non-hydrogen) atoms. The predicted molar refractivity (Wildman–Crippen MR) is 126 cm³/mol. The first-order valence-electron chi connectivity index (χ1n) is 11.1. The van der Waals surface area contributed by atoms with E-state index in [1.807, 2.05) is 18.2 Å². The number of rotatable bonds is 6. The number of nitrogens with one attached hydrogen (secondary N) is 2. The summed E-state index contributed by atoms with van der Waals surface area (Å²) in [5.41, 5.74) is 2.54. The SMILES string of the molecule is CC(C)(O)CNCc1ccc2nc(-c3c(F)ccc4[nH]ccc34)nc(N3CCOCC3)c2n1. The maximum Gasteiger partial charge on any atom is 0.165 e. The number of aromatic amines is 1. The maximum absolute atomic E-state index is 15.0. The lowest BCUT2D eigenvalue weighted by Crippen LogP contribution is -2.37. The molecule has 9 heteroatoms. The van der Waals surface area contributed by atoms with Crippen LogP contribution in [0.4, 0.5) is 10.2 Å². The van der Waals surface area contributed by atoms with Crippen LogP contribution < -0.4 is 10.2 Å². The van der Waals surface area contributed by atoms with Crippen LogP contribution in [-0.4, -0.2) is 63.5 Å². The zero-order valence-electron chi connectivity index (χ0n) is 18.7. The highest BCUT2D eigenvalue weighted by atomic mass is 19.1. The standard InChI is InChI=1S/C24H27FN6O2/c1-24(2,32)14-26-13-15-3-5-19-21(28-15)23(31-9-11-33-12-10-31)30-22(29-19)20-16-7-8-27-18(16)6-4-17(20)25/h3-8,26-27,32H,9-14H2,1-2H3. The highest BCUT2D eigenvalue weighted by Crippen LogP contribution is 2.32. The topological polar surface area (TPSA) is 99.2 Å². The van der Waals surface area contributed by atoms with Crippen LogP contribution in [0.2, 0.25) is 0 Å². The van der Waals surface area contributed by atoms with Gasteiger partial charge in [0.25, 0.3) is 0 Å². The smallest absolute Gasteiger partial charge is 0.165 e. The number of aromatic nitrogens is 4. The van der Waals surface area contributed by atoms with Gasteiger partial charge < -0.3 is 25.0 Å². The molecule has 1 fully saturated rings. The summed E-state index contributed by atoms with van der Waals surface area (Å²) in [5, 5.41) is 13.9. The molecule has 0 aliphatic carbocycles. The van der Waals surface area contributed by atoms with Crippen LogP contribution in [0, 0.1) is 5.82 Å². The first-order chi connectivity index (χ1) is 15.9. The van der Waals surface area contributed by atoms with Crippen molar-refractivity contribution in [2.75, 3.05) is 37.7 Å². The number of hydrogen-bond acceptors (Lipinski definition) is 7. The van der Waals surface area contributed by atoms with Crippen LogP contribution in [0.5, 0.6) is 0 Å². The second kappa shape index (κ2) is 8.66. The summed E-state index contributed by atoms with van der Waals surface area (Å²) in [6, 6.07) is 8.78. The molecule has 3 N–H and O–H groups in total. The number of hydrogen-bond donors (Lipinski definition) is 3. The highest BCUT2D eigenvalue weighted by molar-refractivity contribution is 5.96. The largest absolute Gasteiger partial charge is 0.389 e. The van der Waals surface area contributed by atoms with Gasteiger partial charge in [0, 0.05) is 43.3 Å². The zero-order valence-corrected chi connectivity index (χ0v) is 18.7. The second-order valence-electron chi connectivity index (χ2n) is 8.92. The van der Waals surface area contributed by atoms with E-state index < -0.39 is 5.60 Å². The summed E-state index contributed by atoms with van der Waals surface area (Å²) in [5.74, 6) is 0.644. The predicted octanol–water partition coefficient (Wildman–Crippen LogP) is 3.01. The summed E-state index contributed by atoms with van der Waals surface area (Å²) in [6.45, 7) is 6.98. The Labute approximate surface area is 190 Å². The molecule has 4 aromatic rings. The molecule has 0 unspecified atom stereocenters. The maximum atomic E-state index is 15.0. The van der Waals surface area contributed by atoms with Crippen molar-refractivity contribution in [3.8, 4) is 11.4 Å². The molecule has 3 aromatic heterocycles. The first kappa shape index (κ1) is 21.7. The molecule has 5 rings (SSSR count). The van der Waals surface area contributed by atoms with Crippen molar-refractivity contribution in [2.45, 2.75) is 26.0 Å². The van der Waals surface area contributed by atoms with Gasteiger partial charge in [-0.2, -0.15) is 0 Å². The van der Waals surface area contributed by atoms with E-state index in [4.69, 9.17) is 19.7 Å².